The average Bonchev–Trinajstić information content (AvgIpc) is 1.77. The minimum Gasteiger partial charge on any atom is -0.508 e. The van der Waals surface area contributed by atoms with Crippen molar-refractivity contribution in [2.75, 3.05) is 7.11 Å². The van der Waals surface area contributed by atoms with E-state index in [-0.39, 0.29) is 57.7 Å². The number of ether oxygens (including phenoxy) is 3. The van der Waals surface area contributed by atoms with Gasteiger partial charge in [0, 0.05) is 27.8 Å². The highest BCUT2D eigenvalue weighted by Crippen LogP contribution is 2.49. The van der Waals surface area contributed by atoms with Crippen LogP contribution in [0.25, 0.3) is 43.8 Å². The summed E-state index contributed by atoms with van der Waals surface area (Å²) < 4.78 is 185. The maximum absolute atomic E-state index is 14.1. The Morgan fingerprint density at radius 2 is 0.769 bits per heavy atom. The molecule has 6 aromatic carbocycles. The molecule has 2 heterocycles. The number of carbonyl (C=O) groups is 4. The van der Waals surface area contributed by atoms with Crippen molar-refractivity contribution in [3.05, 3.63) is 178 Å². The molecule has 0 aliphatic heterocycles. The number of hydrogen-bond acceptors (Lipinski definition) is 19. The van der Waals surface area contributed by atoms with Gasteiger partial charge in [0.25, 0.3) is 6.47 Å². The Morgan fingerprint density at radius 3 is 1.09 bits per heavy atom. The molecule has 8 aromatic rings. The number of furan rings is 2. The summed E-state index contributed by atoms with van der Waals surface area (Å²) in [6.45, 7) is 2.35. The van der Waals surface area contributed by atoms with E-state index in [9.17, 15) is 127 Å². The van der Waals surface area contributed by atoms with Crippen LogP contribution in [0.1, 0.15) is 95.4 Å². The van der Waals surface area contributed by atoms with Gasteiger partial charge >= 0.3 is 59.1 Å². The van der Waals surface area contributed by atoms with Crippen LogP contribution in [0.3, 0.4) is 0 Å². The van der Waals surface area contributed by atoms with Crippen molar-refractivity contribution < 1.29 is 131 Å². The Morgan fingerprint density at radius 1 is 0.451 bits per heavy atom. The summed E-state index contributed by atoms with van der Waals surface area (Å²) >= 11 is 0. The van der Waals surface area contributed by atoms with Crippen LogP contribution in [0, 0.1) is 0 Å². The monoisotopic (exact) mass is 1300 g/mol. The standard InChI is InChI=1S/C30H24F6O10.C18H16F6O4.C10H2O6.CH4/c1-14(38)17-11-19(24(45-13-37)12-18(17)25(39)40)26(41)46-23-8-6-16(10-21(23)28(3,43)30(34,35)36)15-5-7-22(44-4)20(9-15)27(2,42)29(31,32)33;1-15(27,17(19,20)21)11-7-9(3-5-13(11)25)10-4-6-14(26)12(8-10)16(2,28)18(22,23)24;11-7-3-1-4-6(10(14)16-8(4)12)2-5(3)9(13)15-7;/h5-13,42-43H,1-4H3,(H,39,40);3-8,25-28H,1-2H3;1-2H;1H4. The first-order valence-corrected chi connectivity index (χ1v) is 24.8. The zero-order valence-electron chi connectivity index (χ0n) is 46.3. The number of esters is 1. The number of phenols is 2. The molecule has 0 amide bonds. The third-order valence-corrected chi connectivity index (χ3v) is 13.9. The first-order chi connectivity index (χ1) is 41.2. The highest BCUT2D eigenvalue weighted by Gasteiger charge is 2.56. The summed E-state index contributed by atoms with van der Waals surface area (Å²) in [5, 5.41) is 69.2. The summed E-state index contributed by atoms with van der Waals surface area (Å²) in [5.41, 5.74) is -23.6. The van der Waals surface area contributed by atoms with Gasteiger partial charge in [-0.1, -0.05) is 31.7 Å². The summed E-state index contributed by atoms with van der Waals surface area (Å²) in [6.07, 6.45) is -20.9. The van der Waals surface area contributed by atoms with Crippen LogP contribution in [-0.4, -0.2) is 91.8 Å². The molecule has 4 unspecified atom stereocenters. The van der Waals surface area contributed by atoms with Crippen molar-refractivity contribution in [3.63, 3.8) is 0 Å². The van der Waals surface area contributed by atoms with E-state index in [0.29, 0.717) is 45.9 Å². The third kappa shape index (κ3) is 13.9. The second-order valence-corrected chi connectivity index (χ2v) is 20.0. The Kier molecular flexibility index (Phi) is 19.9. The maximum atomic E-state index is 14.1. The molecule has 4 atom stereocenters. The van der Waals surface area contributed by atoms with Gasteiger partial charge in [-0.2, -0.15) is 52.7 Å². The Balaban J connectivity index is 0.000000280. The number of phenolic OH excluding ortho intramolecular Hbond substituents is 2. The summed E-state index contributed by atoms with van der Waals surface area (Å²) in [6, 6.07) is 14.6. The van der Waals surface area contributed by atoms with Gasteiger partial charge in [0.15, 0.2) is 28.2 Å². The number of fused-ring (bicyclic) bond motifs is 2. The van der Waals surface area contributed by atoms with Crippen molar-refractivity contribution in [1.82, 2.24) is 0 Å². The van der Waals surface area contributed by atoms with Gasteiger partial charge in [-0.3, -0.25) is 9.59 Å². The van der Waals surface area contributed by atoms with Crippen molar-refractivity contribution in [2.45, 2.75) is 89.2 Å². The second kappa shape index (κ2) is 25.2. The predicted octanol–water partition coefficient (Wildman–Crippen LogP) is 9.99. The SMILES string of the molecule is C.CC(O)(c1cc(-c2ccc(O)c(C(C)(O)C(F)(F)F)c2)ccc1O)C(F)(F)F.COc1ccc(-c2ccc(OC(=O)c3cc(C(C)=O)c(C(=O)O)cc3OC=O)c(C(C)(O)C(F)(F)F)c2)cc1C(C)(O)C(F)(F)F.O=c1oc(=O)c2cc3c(=O)oc(=O)c3cc12. The third-order valence-electron chi connectivity index (χ3n) is 13.9. The number of hydrogen-bond donors (Lipinski definition) is 7. The van der Waals surface area contributed by atoms with Crippen molar-refractivity contribution in [3.8, 4) is 51.0 Å². The number of alkyl halides is 12. The van der Waals surface area contributed by atoms with Crippen LogP contribution >= 0.6 is 0 Å². The molecule has 0 spiro atoms. The molecule has 32 heteroatoms. The van der Waals surface area contributed by atoms with Crippen molar-refractivity contribution in [1.29, 1.82) is 0 Å². The lowest BCUT2D eigenvalue weighted by Gasteiger charge is -2.29. The highest BCUT2D eigenvalue weighted by atomic mass is 19.4. The average molecular weight is 1300 g/mol. The number of aliphatic hydroxyl groups is 4. The zero-order chi connectivity index (χ0) is 68.1. The van der Waals surface area contributed by atoms with E-state index in [4.69, 9.17) is 9.47 Å². The van der Waals surface area contributed by atoms with Gasteiger partial charge in [-0.05, 0) is 130 Å². The minimum atomic E-state index is -5.41. The van der Waals surface area contributed by atoms with Crippen LogP contribution in [0.5, 0.6) is 28.7 Å². The van der Waals surface area contributed by atoms with E-state index in [1.54, 1.807) is 0 Å². The largest absolute Gasteiger partial charge is 0.508 e. The number of Topliss-reactive ketones (excluding diaryl/α,β-unsaturated/α-hetero) is 1. The molecule has 0 saturated heterocycles. The smallest absolute Gasteiger partial charge is 0.421 e. The molecule has 91 heavy (non-hydrogen) atoms. The molecule has 0 aliphatic rings. The van der Waals surface area contributed by atoms with Gasteiger partial charge < -0.3 is 58.8 Å². The molecule has 0 bridgehead atoms. The van der Waals surface area contributed by atoms with Crippen LogP contribution in [-0.2, 0) is 27.2 Å². The predicted molar refractivity (Wildman–Crippen MR) is 291 cm³/mol. The minimum absolute atomic E-state index is 0. The lowest BCUT2D eigenvalue weighted by molar-refractivity contribution is -0.259. The fraction of sp³-hybridized carbons (Fsp3) is 0.254. The molecule has 0 aliphatic carbocycles. The number of methoxy groups -OCH3 is 1. The number of carbonyl (C=O) groups excluding carboxylic acids is 3. The Bertz CT molecular complexity index is 4150. The van der Waals surface area contributed by atoms with Gasteiger partial charge in [0.2, 0.25) is 0 Å². The number of rotatable bonds is 13. The van der Waals surface area contributed by atoms with E-state index in [0.717, 1.165) is 92.9 Å². The number of halogens is 12. The quantitative estimate of drug-likeness (QED) is 0.0185. The van der Waals surface area contributed by atoms with Gasteiger partial charge in [-0.15, -0.1) is 0 Å². The van der Waals surface area contributed by atoms with E-state index in [2.05, 4.69) is 13.6 Å². The maximum Gasteiger partial charge on any atom is 0.421 e. The number of carboxylic acids is 1. The van der Waals surface area contributed by atoms with E-state index in [1.807, 2.05) is 0 Å². The second-order valence-electron chi connectivity index (χ2n) is 20.0. The number of benzene rings is 6. The first kappa shape index (κ1) is 71.8. The van der Waals surface area contributed by atoms with E-state index < -0.39 is 155 Å². The van der Waals surface area contributed by atoms with Gasteiger partial charge in [0.1, 0.15) is 34.3 Å². The summed E-state index contributed by atoms with van der Waals surface area (Å²) in [7, 11) is 1.03. The molecule has 7 N–H and O–H groups in total. The normalized spacial score (nSPS) is 14.6. The lowest BCUT2D eigenvalue weighted by atomic mass is 9.88. The van der Waals surface area contributed by atoms with E-state index >= 15 is 0 Å². The van der Waals surface area contributed by atoms with Crippen LogP contribution < -0.4 is 36.7 Å². The fourth-order valence-corrected chi connectivity index (χ4v) is 8.44. The molecule has 0 saturated carbocycles. The lowest BCUT2D eigenvalue weighted by Crippen LogP contribution is -2.40. The number of carboxylic acid groups (broad SMARTS) is 1. The van der Waals surface area contributed by atoms with Crippen LogP contribution in [0.2, 0.25) is 0 Å². The molecule has 8 rings (SSSR count). The number of aromatic hydroxyl groups is 2. The topological polar surface area (TPSA) is 332 Å². The number of ketones is 1. The zero-order valence-corrected chi connectivity index (χ0v) is 46.3. The first-order valence-electron chi connectivity index (χ1n) is 24.8. The fourth-order valence-electron chi connectivity index (χ4n) is 8.44. The van der Waals surface area contributed by atoms with Crippen molar-refractivity contribution >= 4 is 45.7 Å². The molecule has 2 aromatic heterocycles. The molecular formula is C59H46F12O20. The molecular weight excluding hydrogens is 1260 g/mol. The Hall–Kier alpha value is -9.92. The van der Waals surface area contributed by atoms with Crippen LogP contribution in [0.4, 0.5) is 52.7 Å². The molecule has 486 valence electrons. The molecule has 0 radical (unpaired) electrons. The summed E-state index contributed by atoms with van der Waals surface area (Å²) in [4.78, 5) is 92.6. The van der Waals surface area contributed by atoms with Gasteiger partial charge in [0.05, 0.1) is 34.2 Å². The van der Waals surface area contributed by atoms with Gasteiger partial charge in [-0.25, -0.2) is 28.8 Å². The summed E-state index contributed by atoms with van der Waals surface area (Å²) in [5.74, 6) is -7.82. The molecule has 20 nitrogen and oxygen atoms in total. The van der Waals surface area contributed by atoms with E-state index in [1.165, 1.54) is 0 Å². The van der Waals surface area contributed by atoms with Crippen LogP contribution in [0.15, 0.2) is 125 Å². The highest BCUT2D eigenvalue weighted by molar-refractivity contribution is 6.08. The molecule has 0 fully saturated rings. The van der Waals surface area contributed by atoms with Crippen molar-refractivity contribution in [2.24, 2.45) is 0 Å². The Labute approximate surface area is 500 Å². The number of aromatic carboxylic acids is 1.